The summed E-state index contributed by atoms with van der Waals surface area (Å²) in [6, 6.07) is 2.17. The molecule has 1 heterocycles. The molecule has 0 saturated heterocycles. The van der Waals surface area contributed by atoms with Crippen molar-refractivity contribution in [2.24, 2.45) is 5.73 Å². The van der Waals surface area contributed by atoms with Crippen molar-refractivity contribution in [1.82, 2.24) is 0 Å². The highest BCUT2D eigenvalue weighted by Gasteiger charge is 2.05. The summed E-state index contributed by atoms with van der Waals surface area (Å²) < 4.78 is 1.20. The van der Waals surface area contributed by atoms with Crippen molar-refractivity contribution in [2.75, 3.05) is 6.54 Å². The Labute approximate surface area is 79.7 Å². The third kappa shape index (κ3) is 2.58. The van der Waals surface area contributed by atoms with Gasteiger partial charge in [0.25, 0.3) is 0 Å². The van der Waals surface area contributed by atoms with E-state index >= 15 is 0 Å². The Kier molecular flexibility index (Phi) is 3.55. The standard InChI is InChI=1S/C8H12BrNS/c1-6(2-3-10)7-4-8(9)11-5-7/h4-6H,2-3,10H2,1H3. The zero-order valence-electron chi connectivity index (χ0n) is 6.51. The van der Waals surface area contributed by atoms with Crippen LogP contribution in [0.25, 0.3) is 0 Å². The lowest BCUT2D eigenvalue weighted by molar-refractivity contribution is 0.692. The molecule has 0 aliphatic carbocycles. The zero-order chi connectivity index (χ0) is 8.27. The Morgan fingerprint density at radius 1 is 1.73 bits per heavy atom. The molecule has 0 fully saturated rings. The van der Waals surface area contributed by atoms with E-state index in [1.165, 1.54) is 9.35 Å². The lowest BCUT2D eigenvalue weighted by atomic mass is 10.0. The van der Waals surface area contributed by atoms with Crippen molar-refractivity contribution in [1.29, 1.82) is 0 Å². The molecular weight excluding hydrogens is 222 g/mol. The van der Waals surface area contributed by atoms with Crippen LogP contribution in [-0.4, -0.2) is 6.54 Å². The van der Waals surface area contributed by atoms with Crippen LogP contribution in [0, 0.1) is 0 Å². The third-order valence-corrected chi connectivity index (χ3v) is 3.28. The number of hydrogen-bond acceptors (Lipinski definition) is 2. The van der Waals surface area contributed by atoms with Crippen LogP contribution in [0.5, 0.6) is 0 Å². The van der Waals surface area contributed by atoms with Crippen LogP contribution in [0.1, 0.15) is 24.8 Å². The minimum atomic E-state index is 0.600. The van der Waals surface area contributed by atoms with Gasteiger partial charge in [0.1, 0.15) is 0 Å². The van der Waals surface area contributed by atoms with Crippen molar-refractivity contribution in [3.63, 3.8) is 0 Å². The molecule has 0 aromatic carbocycles. The molecule has 1 aromatic heterocycles. The molecular formula is C8H12BrNS. The molecule has 0 aliphatic heterocycles. The quantitative estimate of drug-likeness (QED) is 0.854. The summed E-state index contributed by atoms with van der Waals surface area (Å²) in [5, 5.41) is 2.18. The minimum Gasteiger partial charge on any atom is -0.330 e. The first-order valence-electron chi connectivity index (χ1n) is 3.68. The first-order valence-corrected chi connectivity index (χ1v) is 5.35. The van der Waals surface area contributed by atoms with Crippen LogP contribution < -0.4 is 5.73 Å². The van der Waals surface area contributed by atoms with Crippen molar-refractivity contribution < 1.29 is 0 Å². The maximum atomic E-state index is 5.47. The zero-order valence-corrected chi connectivity index (χ0v) is 8.91. The highest BCUT2D eigenvalue weighted by Crippen LogP contribution is 2.27. The lowest BCUT2D eigenvalue weighted by Gasteiger charge is -2.05. The van der Waals surface area contributed by atoms with Gasteiger partial charge in [0, 0.05) is 0 Å². The molecule has 0 bridgehead atoms. The minimum absolute atomic E-state index is 0.600. The summed E-state index contributed by atoms with van der Waals surface area (Å²) in [6.07, 6.45) is 1.07. The Hall–Kier alpha value is 0.140. The molecule has 1 rings (SSSR count). The SMILES string of the molecule is CC(CCN)c1csc(Br)c1. The fourth-order valence-corrected chi connectivity index (χ4v) is 2.30. The Balaban J connectivity index is 2.60. The van der Waals surface area contributed by atoms with Gasteiger partial charge >= 0.3 is 0 Å². The van der Waals surface area contributed by atoms with E-state index in [9.17, 15) is 0 Å². The molecule has 2 N–H and O–H groups in total. The van der Waals surface area contributed by atoms with E-state index < -0.39 is 0 Å². The molecule has 1 nitrogen and oxygen atoms in total. The molecule has 62 valence electrons. The van der Waals surface area contributed by atoms with Crippen LogP contribution >= 0.6 is 27.3 Å². The topological polar surface area (TPSA) is 26.0 Å². The molecule has 1 aromatic rings. The predicted octanol–water partition coefficient (Wildman–Crippen LogP) is 2.96. The van der Waals surface area contributed by atoms with Gasteiger partial charge in [-0.15, -0.1) is 11.3 Å². The molecule has 3 heteroatoms. The molecule has 11 heavy (non-hydrogen) atoms. The second kappa shape index (κ2) is 4.24. The fraction of sp³-hybridized carbons (Fsp3) is 0.500. The molecule has 0 amide bonds. The average Bonchev–Trinajstić information content (AvgIpc) is 2.36. The lowest BCUT2D eigenvalue weighted by Crippen LogP contribution is -2.03. The summed E-state index contributed by atoms with van der Waals surface area (Å²) >= 11 is 5.17. The largest absolute Gasteiger partial charge is 0.330 e. The fourth-order valence-electron chi connectivity index (χ4n) is 0.998. The smallest absolute Gasteiger partial charge is 0.0701 e. The molecule has 0 aliphatic rings. The molecule has 0 saturated carbocycles. The van der Waals surface area contributed by atoms with Gasteiger partial charge in [0.2, 0.25) is 0 Å². The first-order chi connectivity index (χ1) is 5.24. The van der Waals surface area contributed by atoms with Crippen LogP contribution in [-0.2, 0) is 0 Å². The molecule has 0 radical (unpaired) electrons. The van der Waals surface area contributed by atoms with Gasteiger partial charge in [0.15, 0.2) is 0 Å². The molecule has 0 spiro atoms. The average molecular weight is 234 g/mol. The highest BCUT2D eigenvalue weighted by atomic mass is 79.9. The van der Waals surface area contributed by atoms with Crippen LogP contribution in [0.4, 0.5) is 0 Å². The third-order valence-electron chi connectivity index (χ3n) is 1.76. The van der Waals surface area contributed by atoms with E-state index in [4.69, 9.17) is 5.73 Å². The van der Waals surface area contributed by atoms with E-state index in [-0.39, 0.29) is 0 Å². The van der Waals surface area contributed by atoms with E-state index in [0.717, 1.165) is 13.0 Å². The van der Waals surface area contributed by atoms with Gasteiger partial charge in [0.05, 0.1) is 3.79 Å². The maximum absolute atomic E-state index is 5.47. The second-order valence-electron chi connectivity index (χ2n) is 2.66. The summed E-state index contributed by atoms with van der Waals surface area (Å²) in [5.74, 6) is 0.600. The van der Waals surface area contributed by atoms with E-state index in [1.807, 2.05) is 0 Å². The van der Waals surface area contributed by atoms with Crippen LogP contribution in [0.2, 0.25) is 0 Å². The predicted molar refractivity (Wildman–Crippen MR) is 54.1 cm³/mol. The monoisotopic (exact) mass is 233 g/mol. The summed E-state index contributed by atoms with van der Waals surface area (Å²) in [6.45, 7) is 2.98. The molecule has 1 atom stereocenters. The van der Waals surface area contributed by atoms with Crippen molar-refractivity contribution in [3.05, 3.63) is 20.8 Å². The number of nitrogens with two attached hydrogens (primary N) is 1. The van der Waals surface area contributed by atoms with Crippen LogP contribution in [0.15, 0.2) is 15.2 Å². The van der Waals surface area contributed by atoms with Gasteiger partial charge in [-0.2, -0.15) is 0 Å². The Bertz CT molecular complexity index is 222. The maximum Gasteiger partial charge on any atom is 0.0701 e. The van der Waals surface area contributed by atoms with Gasteiger partial charge in [-0.05, 0) is 51.8 Å². The van der Waals surface area contributed by atoms with Gasteiger partial charge in [-0.1, -0.05) is 6.92 Å². The number of halogens is 1. The van der Waals surface area contributed by atoms with Crippen LogP contribution in [0.3, 0.4) is 0 Å². The summed E-state index contributed by atoms with van der Waals surface area (Å²) in [5.41, 5.74) is 6.86. The van der Waals surface area contributed by atoms with E-state index in [2.05, 4.69) is 34.3 Å². The van der Waals surface area contributed by atoms with Crippen molar-refractivity contribution >= 4 is 27.3 Å². The van der Waals surface area contributed by atoms with E-state index in [1.54, 1.807) is 11.3 Å². The Morgan fingerprint density at radius 2 is 2.45 bits per heavy atom. The summed E-state index contributed by atoms with van der Waals surface area (Å²) in [7, 11) is 0. The first kappa shape index (κ1) is 9.23. The number of thiophene rings is 1. The normalized spacial score (nSPS) is 13.4. The van der Waals surface area contributed by atoms with Gasteiger partial charge < -0.3 is 5.73 Å². The highest BCUT2D eigenvalue weighted by molar-refractivity contribution is 9.11. The van der Waals surface area contributed by atoms with Gasteiger partial charge in [-0.25, -0.2) is 0 Å². The second-order valence-corrected chi connectivity index (χ2v) is 4.95. The van der Waals surface area contributed by atoms with E-state index in [0.29, 0.717) is 5.92 Å². The number of rotatable bonds is 3. The number of hydrogen-bond donors (Lipinski definition) is 1. The van der Waals surface area contributed by atoms with Gasteiger partial charge in [-0.3, -0.25) is 0 Å². The Morgan fingerprint density at radius 3 is 2.91 bits per heavy atom. The van der Waals surface area contributed by atoms with Crippen molar-refractivity contribution in [2.45, 2.75) is 19.3 Å². The van der Waals surface area contributed by atoms with Crippen molar-refractivity contribution in [3.8, 4) is 0 Å². The summed E-state index contributed by atoms with van der Waals surface area (Å²) in [4.78, 5) is 0. The molecule has 1 unspecified atom stereocenters.